The predicted molar refractivity (Wildman–Crippen MR) is 80.0 cm³/mol. The van der Waals surface area contributed by atoms with Crippen LogP contribution in [0.3, 0.4) is 0 Å². The number of aromatic nitrogens is 5. The SMILES string of the molecule is Cn1cnnc1[C@H]1CCCN(S(=O)(=O)c2ncn(C)c2Cl)C1. The Morgan fingerprint density at radius 1 is 1.27 bits per heavy atom. The Bertz CT molecular complexity index is 783. The first-order chi connectivity index (χ1) is 10.4. The first-order valence-corrected chi connectivity index (χ1v) is 8.74. The number of sulfonamides is 1. The van der Waals surface area contributed by atoms with Crippen molar-refractivity contribution in [2.24, 2.45) is 14.1 Å². The van der Waals surface area contributed by atoms with Crippen LogP contribution in [0.2, 0.25) is 5.15 Å². The van der Waals surface area contributed by atoms with Crippen molar-refractivity contribution in [3.8, 4) is 0 Å². The van der Waals surface area contributed by atoms with E-state index in [1.807, 2.05) is 11.6 Å². The summed E-state index contributed by atoms with van der Waals surface area (Å²) in [5.74, 6) is 0.825. The summed E-state index contributed by atoms with van der Waals surface area (Å²) in [4.78, 5) is 3.94. The fourth-order valence-electron chi connectivity index (χ4n) is 2.72. The molecule has 0 spiro atoms. The maximum atomic E-state index is 12.7. The van der Waals surface area contributed by atoms with Gasteiger partial charge < -0.3 is 9.13 Å². The number of piperidine rings is 1. The Hall–Kier alpha value is -1.45. The normalized spacial score (nSPS) is 20.4. The molecule has 0 aromatic carbocycles. The van der Waals surface area contributed by atoms with Crippen molar-refractivity contribution < 1.29 is 8.42 Å². The first-order valence-electron chi connectivity index (χ1n) is 6.92. The van der Waals surface area contributed by atoms with Gasteiger partial charge in [-0.3, -0.25) is 0 Å². The summed E-state index contributed by atoms with van der Waals surface area (Å²) in [6.07, 6.45) is 4.67. The van der Waals surface area contributed by atoms with Crippen molar-refractivity contribution in [2.75, 3.05) is 13.1 Å². The zero-order chi connectivity index (χ0) is 15.9. The van der Waals surface area contributed by atoms with E-state index in [1.165, 1.54) is 15.2 Å². The molecule has 2 aromatic heterocycles. The van der Waals surface area contributed by atoms with Crippen molar-refractivity contribution in [3.05, 3.63) is 23.6 Å². The molecule has 1 atom stereocenters. The van der Waals surface area contributed by atoms with Crippen LogP contribution in [-0.2, 0) is 24.1 Å². The second-order valence-electron chi connectivity index (χ2n) is 5.45. The maximum Gasteiger partial charge on any atom is 0.263 e. The van der Waals surface area contributed by atoms with E-state index in [9.17, 15) is 8.42 Å². The van der Waals surface area contributed by atoms with Crippen LogP contribution in [0, 0.1) is 0 Å². The molecule has 1 saturated heterocycles. The number of nitrogens with zero attached hydrogens (tertiary/aromatic N) is 6. The highest BCUT2D eigenvalue weighted by Gasteiger charge is 2.35. The lowest BCUT2D eigenvalue weighted by molar-refractivity contribution is 0.305. The highest BCUT2D eigenvalue weighted by Crippen LogP contribution is 2.30. The van der Waals surface area contributed by atoms with Crippen molar-refractivity contribution in [1.82, 2.24) is 28.6 Å². The molecule has 120 valence electrons. The highest BCUT2D eigenvalue weighted by atomic mass is 35.5. The van der Waals surface area contributed by atoms with Gasteiger partial charge in [0.1, 0.15) is 17.3 Å². The summed E-state index contributed by atoms with van der Waals surface area (Å²) in [7, 11) is -0.178. The minimum absolute atomic E-state index is 0.0264. The van der Waals surface area contributed by atoms with E-state index in [0.29, 0.717) is 13.1 Å². The summed E-state index contributed by atoms with van der Waals surface area (Å²) >= 11 is 6.04. The third-order valence-electron chi connectivity index (χ3n) is 3.91. The van der Waals surface area contributed by atoms with Crippen LogP contribution in [0.15, 0.2) is 17.7 Å². The maximum absolute atomic E-state index is 12.7. The Morgan fingerprint density at radius 2 is 2.05 bits per heavy atom. The van der Waals surface area contributed by atoms with Gasteiger partial charge in [0.15, 0.2) is 0 Å². The van der Waals surface area contributed by atoms with Crippen LogP contribution >= 0.6 is 11.6 Å². The molecular weight excluding hydrogens is 328 g/mol. The molecule has 3 heterocycles. The molecule has 0 radical (unpaired) electrons. The zero-order valence-electron chi connectivity index (χ0n) is 12.3. The Balaban J connectivity index is 1.88. The Morgan fingerprint density at radius 3 is 2.64 bits per heavy atom. The van der Waals surface area contributed by atoms with Crippen molar-refractivity contribution >= 4 is 21.6 Å². The predicted octanol–water partition coefficient (Wildman–Crippen LogP) is 0.770. The molecule has 10 heteroatoms. The van der Waals surface area contributed by atoms with Crippen LogP contribution in [0.1, 0.15) is 24.6 Å². The molecule has 8 nitrogen and oxygen atoms in total. The van der Waals surface area contributed by atoms with Gasteiger partial charge in [0.25, 0.3) is 10.0 Å². The summed E-state index contributed by atoms with van der Waals surface area (Å²) < 4.78 is 30.2. The third-order valence-corrected chi connectivity index (χ3v) is 6.27. The molecule has 0 amide bonds. The summed E-state index contributed by atoms with van der Waals surface area (Å²) in [5.41, 5.74) is 0. The average molecular weight is 345 g/mol. The number of hydrogen-bond acceptors (Lipinski definition) is 5. The number of halogens is 1. The lowest BCUT2D eigenvalue weighted by Gasteiger charge is -2.30. The molecule has 0 saturated carbocycles. The highest BCUT2D eigenvalue weighted by molar-refractivity contribution is 7.89. The van der Waals surface area contributed by atoms with Gasteiger partial charge in [-0.05, 0) is 12.8 Å². The van der Waals surface area contributed by atoms with Gasteiger partial charge in [0.2, 0.25) is 5.03 Å². The van der Waals surface area contributed by atoms with Gasteiger partial charge in [-0.2, -0.15) is 4.31 Å². The van der Waals surface area contributed by atoms with Crippen LogP contribution in [-0.4, -0.2) is 50.1 Å². The zero-order valence-corrected chi connectivity index (χ0v) is 13.9. The molecule has 1 fully saturated rings. The molecule has 1 aliphatic heterocycles. The average Bonchev–Trinajstić information content (AvgIpc) is 3.06. The van der Waals surface area contributed by atoms with E-state index in [4.69, 9.17) is 11.6 Å². The lowest BCUT2D eigenvalue weighted by Crippen LogP contribution is -2.40. The standard InChI is InChI=1S/C12H17ClN6O2S/c1-17-7-14-12(10(17)13)22(20,21)19-5-3-4-9(6-19)11-16-15-8-18(11)2/h7-9H,3-6H2,1-2H3/t9-/m0/s1. The topological polar surface area (TPSA) is 85.9 Å². The quantitative estimate of drug-likeness (QED) is 0.821. The second kappa shape index (κ2) is 5.64. The number of imidazole rings is 1. The molecule has 22 heavy (non-hydrogen) atoms. The largest absolute Gasteiger partial charge is 0.324 e. The fourth-order valence-corrected chi connectivity index (χ4v) is 4.63. The van der Waals surface area contributed by atoms with E-state index in [2.05, 4.69) is 15.2 Å². The van der Waals surface area contributed by atoms with Gasteiger partial charge in [-0.1, -0.05) is 11.6 Å². The minimum Gasteiger partial charge on any atom is -0.324 e. The molecule has 3 rings (SSSR count). The molecule has 0 aliphatic carbocycles. The van der Waals surface area contributed by atoms with E-state index < -0.39 is 10.0 Å². The number of rotatable bonds is 3. The van der Waals surface area contributed by atoms with Crippen LogP contribution in [0.5, 0.6) is 0 Å². The number of hydrogen-bond donors (Lipinski definition) is 0. The molecule has 2 aromatic rings. The summed E-state index contributed by atoms with van der Waals surface area (Å²) in [6, 6.07) is 0. The fraction of sp³-hybridized carbons (Fsp3) is 0.583. The van der Waals surface area contributed by atoms with Gasteiger partial charge in [-0.15, -0.1) is 10.2 Å². The molecule has 0 unspecified atom stereocenters. The summed E-state index contributed by atoms with van der Waals surface area (Å²) in [5, 5.41) is 8.00. The second-order valence-corrected chi connectivity index (χ2v) is 7.66. The molecule has 1 aliphatic rings. The Labute approximate surface area is 133 Å². The molecular formula is C12H17ClN6O2S. The lowest BCUT2D eigenvalue weighted by atomic mass is 9.99. The monoisotopic (exact) mass is 344 g/mol. The molecule has 0 bridgehead atoms. The van der Waals surface area contributed by atoms with E-state index in [0.717, 1.165) is 18.7 Å². The van der Waals surface area contributed by atoms with Crippen molar-refractivity contribution in [1.29, 1.82) is 0 Å². The van der Waals surface area contributed by atoms with E-state index >= 15 is 0 Å². The number of aryl methyl sites for hydroxylation is 2. The van der Waals surface area contributed by atoms with Crippen molar-refractivity contribution in [3.63, 3.8) is 0 Å². The van der Waals surface area contributed by atoms with Gasteiger partial charge in [0.05, 0.1) is 6.33 Å². The van der Waals surface area contributed by atoms with E-state index in [-0.39, 0.29) is 16.1 Å². The van der Waals surface area contributed by atoms with Gasteiger partial charge in [-0.25, -0.2) is 13.4 Å². The van der Waals surface area contributed by atoms with Crippen LogP contribution < -0.4 is 0 Å². The van der Waals surface area contributed by atoms with Crippen molar-refractivity contribution in [2.45, 2.75) is 23.8 Å². The molecule has 0 N–H and O–H groups in total. The van der Waals surface area contributed by atoms with Gasteiger partial charge >= 0.3 is 0 Å². The van der Waals surface area contributed by atoms with Crippen LogP contribution in [0.25, 0.3) is 0 Å². The van der Waals surface area contributed by atoms with E-state index in [1.54, 1.807) is 13.4 Å². The Kier molecular flexibility index (Phi) is 3.96. The summed E-state index contributed by atoms with van der Waals surface area (Å²) in [6.45, 7) is 0.825. The van der Waals surface area contributed by atoms with Gasteiger partial charge in [0, 0.05) is 33.1 Å². The third kappa shape index (κ3) is 2.53. The minimum atomic E-state index is -3.70. The smallest absolute Gasteiger partial charge is 0.263 e. The van der Waals surface area contributed by atoms with Crippen LogP contribution in [0.4, 0.5) is 0 Å². The first kappa shape index (κ1) is 15.4.